The summed E-state index contributed by atoms with van der Waals surface area (Å²) < 4.78 is 0. The van der Waals surface area contributed by atoms with Crippen molar-refractivity contribution in [2.24, 2.45) is 0 Å². The van der Waals surface area contributed by atoms with Gasteiger partial charge in [-0.15, -0.1) is 0 Å². The smallest absolute Gasteiger partial charge is 0.241 e. The van der Waals surface area contributed by atoms with Crippen molar-refractivity contribution in [3.63, 3.8) is 0 Å². The van der Waals surface area contributed by atoms with Crippen LogP contribution in [0.2, 0.25) is 0 Å². The molecule has 0 bridgehead atoms. The van der Waals surface area contributed by atoms with Gasteiger partial charge >= 0.3 is 11.9 Å². The third-order valence-electron chi connectivity index (χ3n) is 9.41. The molecule has 0 aliphatic carbocycles. The van der Waals surface area contributed by atoms with E-state index in [9.17, 15) is 9.59 Å². The van der Waals surface area contributed by atoms with E-state index in [4.69, 9.17) is 9.78 Å². The predicted octanol–water partition coefficient (Wildman–Crippen LogP) is 11.5. The minimum absolute atomic E-state index is 0.305. The summed E-state index contributed by atoms with van der Waals surface area (Å²) in [7, 11) is 0. The minimum Gasteiger partial charge on any atom is -0.241 e. The molecule has 250 valence electrons. The Hall–Kier alpha value is -5.74. The van der Waals surface area contributed by atoms with E-state index < -0.39 is 11.9 Å². The molecule has 0 aromatic heterocycles. The van der Waals surface area contributed by atoms with Crippen LogP contribution in [0.5, 0.6) is 0 Å². The maximum absolute atomic E-state index is 13.9. The van der Waals surface area contributed by atoms with Gasteiger partial charge in [-0.05, 0) is 93.5 Å². The van der Waals surface area contributed by atoms with Crippen LogP contribution in [-0.4, -0.2) is 11.9 Å². The molecule has 0 amide bonds. The second-order valence-corrected chi connectivity index (χ2v) is 12.4. The van der Waals surface area contributed by atoms with Gasteiger partial charge < -0.3 is 0 Å². The zero-order chi connectivity index (χ0) is 35.0. The third-order valence-corrected chi connectivity index (χ3v) is 9.41. The Bertz CT molecular complexity index is 1940. The van der Waals surface area contributed by atoms with Gasteiger partial charge in [-0.3, -0.25) is 0 Å². The summed E-state index contributed by atoms with van der Waals surface area (Å²) in [5.74, 6) is -1.50. The van der Waals surface area contributed by atoms with Gasteiger partial charge in [-0.25, -0.2) is 19.4 Å². The van der Waals surface area contributed by atoms with Crippen molar-refractivity contribution in [3.8, 4) is 44.5 Å². The number of rotatable bonds is 10. The van der Waals surface area contributed by atoms with E-state index >= 15 is 0 Å². The maximum Gasteiger partial charge on any atom is 0.386 e. The molecule has 6 aromatic rings. The molecule has 0 spiro atoms. The molecule has 0 fully saturated rings. The first-order chi connectivity index (χ1) is 24.4. The van der Waals surface area contributed by atoms with Crippen LogP contribution in [-0.2, 0) is 35.5 Å². The fraction of sp³-hybridized carbons (Fsp3) is 0.174. The van der Waals surface area contributed by atoms with E-state index in [1.807, 2.05) is 48.5 Å². The molecule has 0 radical (unpaired) electrons. The SMILES string of the molecule is CCc1ccc(-c2cccc(C(=O)OOC(=O)c3cccc(-c4ccc(CC)cc4)c3-c3ccc(CC)cc3)c2-c2ccc(CC)cc2)cc1. The summed E-state index contributed by atoms with van der Waals surface area (Å²) in [5.41, 5.74) is 12.4. The van der Waals surface area contributed by atoms with Crippen LogP contribution in [0.25, 0.3) is 44.5 Å². The van der Waals surface area contributed by atoms with E-state index in [-0.39, 0.29) is 0 Å². The van der Waals surface area contributed by atoms with Crippen molar-refractivity contribution in [3.05, 3.63) is 167 Å². The lowest BCUT2D eigenvalue weighted by atomic mass is 9.89. The quantitative estimate of drug-likeness (QED) is 0.109. The van der Waals surface area contributed by atoms with Gasteiger partial charge in [0.15, 0.2) is 0 Å². The monoisotopic (exact) mass is 658 g/mol. The lowest BCUT2D eigenvalue weighted by molar-refractivity contribution is -0.187. The predicted molar refractivity (Wildman–Crippen MR) is 203 cm³/mol. The van der Waals surface area contributed by atoms with E-state index in [1.54, 1.807) is 12.1 Å². The molecular weight excluding hydrogens is 617 g/mol. The maximum atomic E-state index is 13.9. The molecule has 6 rings (SSSR count). The standard InChI is InChI=1S/C46H42O4/c1-5-31-15-23-35(24-16-31)39-11-9-13-41(43(39)37-27-19-33(7-3)20-28-37)45(47)49-50-46(48)42-14-10-12-40(36-25-17-32(6-2)18-26-36)44(42)38-29-21-34(8-4)22-30-38/h9-30H,5-8H2,1-4H3. The van der Waals surface area contributed by atoms with Gasteiger partial charge in [0.2, 0.25) is 0 Å². The summed E-state index contributed by atoms with van der Waals surface area (Å²) in [5, 5.41) is 0. The van der Waals surface area contributed by atoms with Crippen molar-refractivity contribution in [2.75, 3.05) is 0 Å². The molecule has 0 N–H and O–H groups in total. The normalized spacial score (nSPS) is 10.9. The largest absolute Gasteiger partial charge is 0.386 e. The first-order valence-electron chi connectivity index (χ1n) is 17.5. The molecular formula is C46H42O4. The van der Waals surface area contributed by atoms with Crippen LogP contribution in [0.3, 0.4) is 0 Å². The van der Waals surface area contributed by atoms with Crippen LogP contribution in [0.1, 0.15) is 70.7 Å². The first kappa shape index (κ1) is 34.1. The van der Waals surface area contributed by atoms with Crippen molar-refractivity contribution in [2.45, 2.75) is 53.4 Å². The lowest BCUT2D eigenvalue weighted by Gasteiger charge is -2.17. The van der Waals surface area contributed by atoms with Gasteiger partial charge in [0.1, 0.15) is 0 Å². The van der Waals surface area contributed by atoms with Gasteiger partial charge in [-0.2, -0.15) is 0 Å². The van der Waals surface area contributed by atoms with E-state index in [2.05, 4.69) is 100 Å². The molecule has 0 atom stereocenters. The highest BCUT2D eigenvalue weighted by Crippen LogP contribution is 2.38. The lowest BCUT2D eigenvalue weighted by Crippen LogP contribution is -2.14. The number of benzene rings is 6. The number of carbonyl (C=O) groups is 2. The van der Waals surface area contributed by atoms with E-state index in [0.29, 0.717) is 11.1 Å². The number of aryl methyl sites for hydroxylation is 4. The first-order valence-corrected chi connectivity index (χ1v) is 17.5. The average Bonchev–Trinajstić information content (AvgIpc) is 3.19. The van der Waals surface area contributed by atoms with Crippen molar-refractivity contribution < 1.29 is 19.4 Å². The number of carbonyl (C=O) groups excluding carboxylic acids is 2. The molecule has 0 saturated carbocycles. The molecule has 0 aliphatic rings. The second kappa shape index (κ2) is 15.7. The van der Waals surface area contributed by atoms with Crippen molar-refractivity contribution in [1.82, 2.24) is 0 Å². The average molecular weight is 659 g/mol. The molecule has 0 unspecified atom stereocenters. The molecule has 0 heterocycles. The molecule has 50 heavy (non-hydrogen) atoms. The summed E-state index contributed by atoms with van der Waals surface area (Å²) in [6.07, 6.45) is 3.68. The van der Waals surface area contributed by atoms with Crippen molar-refractivity contribution >= 4 is 11.9 Å². The summed E-state index contributed by atoms with van der Waals surface area (Å²) in [6.45, 7) is 8.47. The van der Waals surface area contributed by atoms with Crippen LogP contribution in [0.15, 0.2) is 133 Å². The molecule has 4 heteroatoms. The zero-order valence-corrected chi connectivity index (χ0v) is 29.2. The Morgan fingerprint density at radius 2 is 0.660 bits per heavy atom. The highest BCUT2D eigenvalue weighted by molar-refractivity contribution is 6.04. The number of hydrogen-bond donors (Lipinski definition) is 0. The molecule has 4 nitrogen and oxygen atoms in total. The minimum atomic E-state index is -0.750. The van der Waals surface area contributed by atoms with Crippen molar-refractivity contribution in [1.29, 1.82) is 0 Å². The Kier molecular flexibility index (Phi) is 10.7. The highest BCUT2D eigenvalue weighted by Gasteiger charge is 2.24. The second-order valence-electron chi connectivity index (χ2n) is 12.4. The Balaban J connectivity index is 1.36. The van der Waals surface area contributed by atoms with Crippen LogP contribution < -0.4 is 0 Å². The van der Waals surface area contributed by atoms with Crippen LogP contribution >= 0.6 is 0 Å². The fourth-order valence-electron chi connectivity index (χ4n) is 6.37. The molecule has 0 saturated heterocycles. The van der Waals surface area contributed by atoms with Gasteiger partial charge in [0, 0.05) is 11.1 Å². The Labute approximate surface area is 295 Å². The van der Waals surface area contributed by atoms with E-state index in [1.165, 1.54) is 22.3 Å². The van der Waals surface area contributed by atoms with Crippen LogP contribution in [0.4, 0.5) is 0 Å². The summed E-state index contributed by atoms with van der Waals surface area (Å²) in [4.78, 5) is 38.5. The Morgan fingerprint density at radius 1 is 0.380 bits per heavy atom. The molecule has 6 aromatic carbocycles. The molecule has 0 aliphatic heterocycles. The number of hydrogen-bond acceptors (Lipinski definition) is 4. The van der Waals surface area contributed by atoms with Crippen LogP contribution in [0, 0.1) is 0 Å². The zero-order valence-electron chi connectivity index (χ0n) is 29.2. The van der Waals surface area contributed by atoms with Gasteiger partial charge in [0.25, 0.3) is 0 Å². The van der Waals surface area contributed by atoms with Gasteiger partial charge in [0.05, 0.1) is 11.1 Å². The summed E-state index contributed by atoms with van der Waals surface area (Å²) in [6, 6.07) is 44.2. The highest BCUT2D eigenvalue weighted by atomic mass is 17.2. The topological polar surface area (TPSA) is 52.6 Å². The Morgan fingerprint density at radius 3 is 0.940 bits per heavy atom. The fourth-order valence-corrected chi connectivity index (χ4v) is 6.37. The van der Waals surface area contributed by atoms with Gasteiger partial charge in [-0.1, -0.05) is 149 Å². The third kappa shape index (κ3) is 7.30. The summed E-state index contributed by atoms with van der Waals surface area (Å²) >= 11 is 0. The van der Waals surface area contributed by atoms with E-state index in [0.717, 1.165) is 70.2 Å².